The van der Waals surface area contributed by atoms with Crippen LogP contribution in [0, 0.1) is 0 Å². The van der Waals surface area contributed by atoms with Gasteiger partial charge in [0.15, 0.2) is 5.11 Å². The van der Waals surface area contributed by atoms with E-state index in [9.17, 15) is 9.59 Å². The first-order valence-electron chi connectivity index (χ1n) is 8.64. The number of carbonyl (C=O) groups excluding carboxylic acids is 2. The minimum absolute atomic E-state index is 0.0192. The maximum absolute atomic E-state index is 12.5. The number of hydrogen-bond acceptors (Lipinski definition) is 4. The van der Waals surface area contributed by atoms with Crippen molar-refractivity contribution in [2.45, 2.75) is 6.54 Å². The van der Waals surface area contributed by atoms with Crippen molar-refractivity contribution in [2.75, 3.05) is 0 Å². The topological polar surface area (TPSA) is 75.2 Å². The maximum Gasteiger partial charge on any atom is 0.269 e. The first kappa shape index (κ1) is 19.4. The third kappa shape index (κ3) is 4.09. The van der Waals surface area contributed by atoms with E-state index in [4.69, 9.17) is 23.8 Å². The third-order valence-electron chi connectivity index (χ3n) is 4.28. The molecule has 0 unspecified atom stereocenters. The van der Waals surface area contributed by atoms with Gasteiger partial charge in [-0.05, 0) is 35.8 Å². The summed E-state index contributed by atoms with van der Waals surface area (Å²) in [6.45, 7) is 0.110. The summed E-state index contributed by atoms with van der Waals surface area (Å²) in [4.78, 5) is 25.0. The number of fused-ring (bicyclic) bond motifs is 2. The molecule has 2 amide bonds. The monoisotopic (exact) mass is 442 g/mol. The van der Waals surface area contributed by atoms with E-state index in [1.165, 1.54) is 11.3 Å². The van der Waals surface area contributed by atoms with Crippen molar-refractivity contribution < 1.29 is 9.59 Å². The van der Waals surface area contributed by atoms with Crippen molar-refractivity contribution in [2.24, 2.45) is 0 Å². The quantitative estimate of drug-likeness (QED) is 0.333. The lowest BCUT2D eigenvalue weighted by Gasteiger charge is -2.11. The Labute approximate surface area is 180 Å². The summed E-state index contributed by atoms with van der Waals surface area (Å²) < 4.78 is 2.74. The molecule has 0 bridgehead atoms. The standard InChI is InChI=1S/C20H15ClN4O2S2/c21-17-13-6-2-4-8-15(13)29-18(17)19(27)22-20(28)24-23-16(26)11-25-10-9-12-5-1-3-7-14(12)25/h1-10H,11H2,(H,23,26)(H2,22,24,27,28). The second-order valence-electron chi connectivity index (χ2n) is 6.20. The smallest absolute Gasteiger partial charge is 0.269 e. The second kappa shape index (κ2) is 8.20. The van der Waals surface area contributed by atoms with Gasteiger partial charge in [0.25, 0.3) is 11.8 Å². The van der Waals surface area contributed by atoms with Crippen molar-refractivity contribution in [3.8, 4) is 0 Å². The number of nitrogens with zero attached hydrogens (tertiary/aromatic N) is 1. The Hall–Kier alpha value is -2.94. The zero-order chi connectivity index (χ0) is 20.4. The first-order chi connectivity index (χ1) is 14.0. The van der Waals surface area contributed by atoms with Crippen molar-refractivity contribution >= 4 is 73.1 Å². The van der Waals surface area contributed by atoms with Crippen LogP contribution in [0.4, 0.5) is 0 Å². The van der Waals surface area contributed by atoms with E-state index in [1.807, 2.05) is 65.4 Å². The van der Waals surface area contributed by atoms with Gasteiger partial charge in [-0.3, -0.25) is 25.8 Å². The lowest BCUT2D eigenvalue weighted by molar-refractivity contribution is -0.122. The third-order valence-corrected chi connectivity index (χ3v) is 6.16. The van der Waals surface area contributed by atoms with E-state index in [2.05, 4.69) is 16.2 Å². The number of amides is 2. The molecule has 4 aromatic rings. The van der Waals surface area contributed by atoms with Crippen LogP contribution < -0.4 is 16.2 Å². The fourth-order valence-corrected chi connectivity index (χ4v) is 4.51. The number of halogens is 1. The number of thiophene rings is 1. The van der Waals surface area contributed by atoms with Crippen LogP contribution in [0.5, 0.6) is 0 Å². The van der Waals surface area contributed by atoms with Gasteiger partial charge in [-0.15, -0.1) is 11.3 Å². The van der Waals surface area contributed by atoms with Crippen LogP contribution in [0.15, 0.2) is 60.8 Å². The van der Waals surface area contributed by atoms with Gasteiger partial charge in [-0.2, -0.15) is 0 Å². The largest absolute Gasteiger partial charge is 0.338 e. The highest BCUT2D eigenvalue weighted by molar-refractivity contribution is 7.80. The molecule has 0 radical (unpaired) electrons. The van der Waals surface area contributed by atoms with Crippen LogP contribution >= 0.6 is 35.2 Å². The lowest BCUT2D eigenvalue weighted by atomic mass is 10.2. The Kier molecular flexibility index (Phi) is 5.48. The van der Waals surface area contributed by atoms with E-state index in [0.717, 1.165) is 21.0 Å². The van der Waals surface area contributed by atoms with Gasteiger partial charge in [0, 0.05) is 21.8 Å². The minimum Gasteiger partial charge on any atom is -0.338 e. The predicted octanol–water partition coefficient (Wildman–Crippen LogP) is 3.85. The molecule has 0 fully saturated rings. The number of thiocarbonyl (C=S) groups is 1. The molecule has 0 saturated heterocycles. The zero-order valence-corrected chi connectivity index (χ0v) is 17.3. The molecule has 6 nitrogen and oxygen atoms in total. The van der Waals surface area contributed by atoms with Gasteiger partial charge >= 0.3 is 0 Å². The number of para-hydroxylation sites is 1. The van der Waals surface area contributed by atoms with Gasteiger partial charge in [-0.25, -0.2) is 0 Å². The molecule has 2 aromatic carbocycles. The van der Waals surface area contributed by atoms with Crippen molar-refractivity contribution in [1.82, 2.24) is 20.7 Å². The highest BCUT2D eigenvalue weighted by Crippen LogP contribution is 2.34. The van der Waals surface area contributed by atoms with Crippen LogP contribution in [0.2, 0.25) is 5.02 Å². The molecule has 0 aliphatic rings. The summed E-state index contributed by atoms with van der Waals surface area (Å²) in [5, 5.41) is 4.76. The van der Waals surface area contributed by atoms with Crippen molar-refractivity contribution in [1.29, 1.82) is 0 Å². The number of benzene rings is 2. The van der Waals surface area contributed by atoms with Gasteiger partial charge in [0.1, 0.15) is 11.4 Å². The minimum atomic E-state index is -0.431. The average molecular weight is 443 g/mol. The van der Waals surface area contributed by atoms with Crippen LogP contribution in [0.1, 0.15) is 9.67 Å². The molecule has 0 saturated carbocycles. The molecule has 2 heterocycles. The van der Waals surface area contributed by atoms with Crippen molar-refractivity contribution in [3.05, 3.63) is 70.7 Å². The summed E-state index contributed by atoms with van der Waals surface area (Å²) in [6.07, 6.45) is 1.84. The van der Waals surface area contributed by atoms with Gasteiger partial charge < -0.3 is 4.57 Å². The van der Waals surface area contributed by atoms with E-state index >= 15 is 0 Å². The molecule has 2 aromatic heterocycles. The summed E-state index contributed by atoms with van der Waals surface area (Å²) in [5.74, 6) is -0.734. The molecule has 3 N–H and O–H groups in total. The van der Waals surface area contributed by atoms with E-state index in [0.29, 0.717) is 9.90 Å². The van der Waals surface area contributed by atoms with E-state index in [-0.39, 0.29) is 17.6 Å². The molecule has 4 rings (SSSR count). The number of nitrogens with one attached hydrogen (secondary N) is 3. The normalized spacial score (nSPS) is 10.8. The van der Waals surface area contributed by atoms with Crippen LogP contribution in [-0.4, -0.2) is 21.5 Å². The Morgan fingerprint density at radius 2 is 1.79 bits per heavy atom. The van der Waals surface area contributed by atoms with Crippen LogP contribution in [0.25, 0.3) is 21.0 Å². The Balaban J connectivity index is 1.34. The molecule has 0 atom stereocenters. The number of hydrogen-bond donors (Lipinski definition) is 3. The fourth-order valence-electron chi connectivity index (χ4n) is 2.95. The lowest BCUT2D eigenvalue weighted by Crippen LogP contribution is -2.49. The number of rotatable bonds is 3. The Bertz CT molecular complexity index is 1250. The fraction of sp³-hybridized carbons (Fsp3) is 0.0500. The molecule has 9 heteroatoms. The Morgan fingerprint density at radius 1 is 1.03 bits per heavy atom. The highest BCUT2D eigenvalue weighted by Gasteiger charge is 2.18. The predicted molar refractivity (Wildman–Crippen MR) is 120 cm³/mol. The molecule has 29 heavy (non-hydrogen) atoms. The Morgan fingerprint density at radius 3 is 2.62 bits per heavy atom. The molecule has 0 aliphatic heterocycles. The molecule has 0 spiro atoms. The summed E-state index contributed by atoms with van der Waals surface area (Å²) in [5.41, 5.74) is 5.99. The molecular formula is C20H15ClN4O2S2. The molecular weight excluding hydrogens is 428 g/mol. The number of hydrazine groups is 1. The van der Waals surface area contributed by atoms with Gasteiger partial charge in [-0.1, -0.05) is 48.0 Å². The van der Waals surface area contributed by atoms with Crippen LogP contribution in [0.3, 0.4) is 0 Å². The second-order valence-corrected chi connectivity index (χ2v) is 8.04. The summed E-state index contributed by atoms with van der Waals surface area (Å²) >= 11 is 12.7. The molecule has 146 valence electrons. The van der Waals surface area contributed by atoms with E-state index in [1.54, 1.807) is 0 Å². The number of carbonyl (C=O) groups is 2. The van der Waals surface area contributed by atoms with Crippen molar-refractivity contribution in [3.63, 3.8) is 0 Å². The van der Waals surface area contributed by atoms with Gasteiger partial charge in [0.2, 0.25) is 0 Å². The van der Waals surface area contributed by atoms with Crippen LogP contribution in [-0.2, 0) is 11.3 Å². The molecule has 0 aliphatic carbocycles. The summed E-state index contributed by atoms with van der Waals surface area (Å²) in [6, 6.07) is 17.2. The number of aromatic nitrogens is 1. The summed E-state index contributed by atoms with van der Waals surface area (Å²) in [7, 11) is 0. The van der Waals surface area contributed by atoms with E-state index < -0.39 is 5.91 Å². The zero-order valence-electron chi connectivity index (χ0n) is 14.9. The average Bonchev–Trinajstić information content (AvgIpc) is 3.28. The maximum atomic E-state index is 12.5. The van der Waals surface area contributed by atoms with Gasteiger partial charge in [0.05, 0.1) is 5.02 Å². The first-order valence-corrected chi connectivity index (χ1v) is 10.2. The highest BCUT2D eigenvalue weighted by atomic mass is 35.5. The SMILES string of the molecule is O=C(Cn1ccc2ccccc21)NNC(=S)NC(=O)c1sc2ccccc2c1Cl.